The molecule has 2 heterocycles. The number of nitrogens with zero attached hydrogens (tertiary/aromatic N) is 3. The van der Waals surface area contributed by atoms with Crippen LogP contribution in [0.3, 0.4) is 0 Å². The van der Waals surface area contributed by atoms with Gasteiger partial charge in [-0.1, -0.05) is 60.7 Å². The van der Waals surface area contributed by atoms with Crippen LogP contribution in [0.2, 0.25) is 0 Å². The van der Waals surface area contributed by atoms with Gasteiger partial charge in [-0.2, -0.15) is 0 Å². The molecule has 0 saturated heterocycles. The van der Waals surface area contributed by atoms with Crippen LogP contribution in [0.25, 0.3) is 28.3 Å². The molecule has 4 aromatic rings. The second kappa shape index (κ2) is 5.39. The second-order valence-electron chi connectivity index (χ2n) is 4.96. The Balaban J connectivity index is 2.07. The molecule has 0 atom stereocenters. The molecular formula is C18H12BrN3. The summed E-state index contributed by atoms with van der Waals surface area (Å²) in [5.74, 6) is 0.687. The first-order chi connectivity index (χ1) is 10.8. The molecule has 22 heavy (non-hydrogen) atoms. The molecule has 4 rings (SSSR count). The average molecular weight is 350 g/mol. The van der Waals surface area contributed by atoms with Crippen LogP contribution in [0.15, 0.2) is 77.5 Å². The summed E-state index contributed by atoms with van der Waals surface area (Å²) in [6.45, 7) is 0. The summed E-state index contributed by atoms with van der Waals surface area (Å²) in [4.78, 5) is 9.22. The van der Waals surface area contributed by atoms with Gasteiger partial charge >= 0.3 is 0 Å². The molecule has 0 spiro atoms. The van der Waals surface area contributed by atoms with Crippen molar-refractivity contribution in [2.45, 2.75) is 0 Å². The fourth-order valence-electron chi connectivity index (χ4n) is 2.58. The van der Waals surface area contributed by atoms with Crippen LogP contribution in [-0.2, 0) is 0 Å². The Morgan fingerprint density at radius 2 is 1.36 bits per heavy atom. The highest BCUT2D eigenvalue weighted by Crippen LogP contribution is 2.32. The highest BCUT2D eigenvalue weighted by Gasteiger charge is 2.16. The van der Waals surface area contributed by atoms with E-state index in [0.29, 0.717) is 5.78 Å². The molecule has 2 aromatic carbocycles. The lowest BCUT2D eigenvalue weighted by molar-refractivity contribution is 1.09. The highest BCUT2D eigenvalue weighted by molar-refractivity contribution is 9.10. The van der Waals surface area contributed by atoms with Crippen molar-refractivity contribution in [3.63, 3.8) is 0 Å². The molecule has 4 heteroatoms. The van der Waals surface area contributed by atoms with Crippen molar-refractivity contribution < 1.29 is 0 Å². The summed E-state index contributed by atoms with van der Waals surface area (Å²) >= 11 is 3.41. The normalized spacial score (nSPS) is 11.0. The summed E-state index contributed by atoms with van der Waals surface area (Å²) < 4.78 is 2.81. The minimum atomic E-state index is 0.687. The molecule has 0 aliphatic rings. The second-order valence-corrected chi connectivity index (χ2v) is 5.77. The van der Waals surface area contributed by atoms with Gasteiger partial charge in [-0.25, -0.2) is 9.97 Å². The number of hydrogen-bond donors (Lipinski definition) is 0. The number of aromatic nitrogens is 3. The van der Waals surface area contributed by atoms with Gasteiger partial charge in [0.05, 0.1) is 11.4 Å². The third-order valence-electron chi connectivity index (χ3n) is 3.55. The average Bonchev–Trinajstić information content (AvgIpc) is 2.95. The van der Waals surface area contributed by atoms with E-state index in [4.69, 9.17) is 4.98 Å². The van der Waals surface area contributed by atoms with Crippen LogP contribution < -0.4 is 0 Å². The molecule has 106 valence electrons. The molecule has 2 aromatic heterocycles. The minimum absolute atomic E-state index is 0.687. The number of fused-ring (bicyclic) bond motifs is 1. The van der Waals surface area contributed by atoms with E-state index in [9.17, 15) is 0 Å². The topological polar surface area (TPSA) is 30.2 Å². The lowest BCUT2D eigenvalue weighted by Gasteiger charge is -2.05. The fourth-order valence-corrected chi connectivity index (χ4v) is 2.86. The predicted molar refractivity (Wildman–Crippen MR) is 91.6 cm³/mol. The number of benzene rings is 2. The molecule has 0 aliphatic carbocycles. The summed E-state index contributed by atoms with van der Waals surface area (Å²) in [7, 11) is 0. The van der Waals surface area contributed by atoms with Crippen LogP contribution in [0.1, 0.15) is 0 Å². The van der Waals surface area contributed by atoms with Crippen molar-refractivity contribution >= 4 is 21.7 Å². The Hall–Kier alpha value is -2.46. The third-order valence-corrected chi connectivity index (χ3v) is 4.00. The van der Waals surface area contributed by atoms with Gasteiger partial charge in [0.25, 0.3) is 0 Å². The van der Waals surface area contributed by atoms with Gasteiger partial charge in [0.15, 0.2) is 0 Å². The van der Waals surface area contributed by atoms with Gasteiger partial charge < -0.3 is 0 Å². The molecule has 0 fully saturated rings. The molecule has 0 unspecified atom stereocenters. The first-order valence-corrected chi connectivity index (χ1v) is 7.78. The Kier molecular flexibility index (Phi) is 3.24. The van der Waals surface area contributed by atoms with Gasteiger partial charge in [-0.15, -0.1) is 0 Å². The van der Waals surface area contributed by atoms with E-state index in [1.54, 1.807) is 0 Å². The van der Waals surface area contributed by atoms with Crippen molar-refractivity contribution in [1.82, 2.24) is 14.4 Å². The van der Waals surface area contributed by atoms with E-state index < -0.39 is 0 Å². The molecule has 0 N–H and O–H groups in total. The van der Waals surface area contributed by atoms with Crippen molar-refractivity contribution in [3.8, 4) is 22.5 Å². The maximum atomic E-state index is 4.74. The summed E-state index contributed by atoms with van der Waals surface area (Å²) in [6.07, 6.45) is 1.99. The maximum absolute atomic E-state index is 4.74. The minimum Gasteiger partial charge on any atom is -0.283 e. The van der Waals surface area contributed by atoms with E-state index >= 15 is 0 Å². The van der Waals surface area contributed by atoms with E-state index in [2.05, 4.69) is 45.2 Å². The SMILES string of the molecule is Brc1ccn2c(-c3ccccc3)c(-c3ccccc3)nc2n1. The zero-order valence-corrected chi connectivity index (χ0v) is 13.2. The number of hydrogen-bond acceptors (Lipinski definition) is 2. The Bertz CT molecular complexity index is 931. The van der Waals surface area contributed by atoms with Gasteiger partial charge in [0.1, 0.15) is 4.60 Å². The van der Waals surface area contributed by atoms with Crippen LogP contribution in [0, 0.1) is 0 Å². The quantitative estimate of drug-likeness (QED) is 0.485. The van der Waals surface area contributed by atoms with Gasteiger partial charge in [-0.3, -0.25) is 4.40 Å². The van der Waals surface area contributed by atoms with Crippen molar-refractivity contribution in [3.05, 3.63) is 77.5 Å². The Morgan fingerprint density at radius 3 is 2.05 bits per heavy atom. The molecule has 0 saturated carbocycles. The van der Waals surface area contributed by atoms with Gasteiger partial charge in [-0.05, 0) is 22.0 Å². The van der Waals surface area contributed by atoms with Crippen molar-refractivity contribution in [2.24, 2.45) is 0 Å². The fraction of sp³-hybridized carbons (Fsp3) is 0. The number of rotatable bonds is 2. The smallest absolute Gasteiger partial charge is 0.235 e. The van der Waals surface area contributed by atoms with Crippen LogP contribution in [0.5, 0.6) is 0 Å². The standard InChI is InChI=1S/C18H12BrN3/c19-15-11-12-22-17(14-9-5-2-6-10-14)16(21-18(22)20-15)13-7-3-1-4-8-13/h1-12H. The van der Waals surface area contributed by atoms with E-state index in [-0.39, 0.29) is 0 Å². The lowest BCUT2D eigenvalue weighted by atomic mass is 10.1. The largest absolute Gasteiger partial charge is 0.283 e. The van der Waals surface area contributed by atoms with Gasteiger partial charge in [0.2, 0.25) is 5.78 Å². The Labute approximate surface area is 136 Å². The van der Waals surface area contributed by atoms with Crippen LogP contribution >= 0.6 is 15.9 Å². The summed E-state index contributed by atoms with van der Waals surface area (Å²) in [6, 6.07) is 22.4. The number of halogens is 1. The highest BCUT2D eigenvalue weighted by atomic mass is 79.9. The zero-order chi connectivity index (χ0) is 14.9. The first kappa shape index (κ1) is 13.2. The van der Waals surface area contributed by atoms with E-state index in [1.165, 1.54) is 0 Å². The molecule has 3 nitrogen and oxygen atoms in total. The third kappa shape index (κ3) is 2.22. The summed E-state index contributed by atoms with van der Waals surface area (Å²) in [5, 5.41) is 0. The van der Waals surface area contributed by atoms with E-state index in [1.807, 2.05) is 53.1 Å². The maximum Gasteiger partial charge on any atom is 0.235 e. The molecular weight excluding hydrogens is 338 g/mol. The lowest BCUT2D eigenvalue weighted by Crippen LogP contribution is -1.91. The van der Waals surface area contributed by atoms with E-state index in [0.717, 1.165) is 27.1 Å². The van der Waals surface area contributed by atoms with Gasteiger partial charge in [0, 0.05) is 17.3 Å². The zero-order valence-electron chi connectivity index (χ0n) is 11.6. The molecule has 0 radical (unpaired) electrons. The van der Waals surface area contributed by atoms with Crippen molar-refractivity contribution in [2.75, 3.05) is 0 Å². The molecule has 0 aliphatic heterocycles. The predicted octanol–water partition coefficient (Wildman–Crippen LogP) is 4.83. The molecule has 0 bridgehead atoms. The van der Waals surface area contributed by atoms with Crippen LogP contribution in [-0.4, -0.2) is 14.4 Å². The van der Waals surface area contributed by atoms with Crippen molar-refractivity contribution in [1.29, 1.82) is 0 Å². The monoisotopic (exact) mass is 349 g/mol. The van der Waals surface area contributed by atoms with Crippen LogP contribution in [0.4, 0.5) is 0 Å². The number of imidazole rings is 1. The molecule has 0 amide bonds. The summed E-state index contributed by atoms with van der Waals surface area (Å²) in [5.41, 5.74) is 4.21. The Morgan fingerprint density at radius 1 is 0.727 bits per heavy atom. The first-order valence-electron chi connectivity index (χ1n) is 6.98.